The molecule has 3 rings (SSSR count). The number of benzene rings is 2. The minimum absolute atomic E-state index is 0.00106. The number of nitrogens with zero attached hydrogens (tertiary/aromatic N) is 2. The number of amides is 1. The second kappa shape index (κ2) is 10.8. The van der Waals surface area contributed by atoms with Crippen LogP contribution in [0.5, 0.6) is 11.5 Å². The first-order valence-electron chi connectivity index (χ1n) is 11.1. The van der Waals surface area contributed by atoms with Crippen LogP contribution >= 0.6 is 0 Å². The molecule has 1 N–H and O–H groups in total. The summed E-state index contributed by atoms with van der Waals surface area (Å²) in [6.45, 7) is 2.46. The van der Waals surface area contributed by atoms with Crippen LogP contribution in [0.15, 0.2) is 47.4 Å². The predicted octanol–water partition coefficient (Wildman–Crippen LogP) is 2.67. The number of rotatable bonds is 9. The molecule has 1 heterocycles. The van der Waals surface area contributed by atoms with E-state index in [2.05, 4.69) is 5.32 Å². The maximum absolute atomic E-state index is 13.2. The number of carbonyl (C=O) groups excluding carboxylic acids is 1. The van der Waals surface area contributed by atoms with Crippen molar-refractivity contribution in [3.63, 3.8) is 0 Å². The van der Waals surface area contributed by atoms with Gasteiger partial charge in [-0.3, -0.25) is 9.10 Å². The molecule has 0 aliphatic carbocycles. The van der Waals surface area contributed by atoms with E-state index >= 15 is 0 Å². The summed E-state index contributed by atoms with van der Waals surface area (Å²) >= 11 is 0. The minimum atomic E-state index is -3.77. The molecule has 0 radical (unpaired) electrons. The predicted molar refractivity (Wildman–Crippen MR) is 134 cm³/mol. The maximum Gasteiger partial charge on any atom is 0.265 e. The van der Waals surface area contributed by atoms with Crippen LogP contribution in [0.25, 0.3) is 0 Å². The van der Waals surface area contributed by atoms with Gasteiger partial charge in [-0.2, -0.15) is 4.31 Å². The third-order valence-corrected chi connectivity index (χ3v) is 8.87. The lowest BCUT2D eigenvalue weighted by atomic mass is 10.2. The van der Waals surface area contributed by atoms with E-state index in [1.54, 1.807) is 37.3 Å². The van der Waals surface area contributed by atoms with Gasteiger partial charge in [-0.1, -0.05) is 6.42 Å². The molecular formula is C23H31N3O7S2. The highest BCUT2D eigenvalue weighted by atomic mass is 32.2. The van der Waals surface area contributed by atoms with Gasteiger partial charge in [0, 0.05) is 25.8 Å². The molecule has 0 spiro atoms. The number of hydrogen-bond donors (Lipinski definition) is 1. The van der Waals surface area contributed by atoms with E-state index in [9.17, 15) is 21.6 Å². The molecule has 1 fully saturated rings. The fraction of sp³-hybridized carbons (Fsp3) is 0.435. The van der Waals surface area contributed by atoms with Crippen LogP contribution in [0.4, 0.5) is 11.4 Å². The van der Waals surface area contributed by atoms with Gasteiger partial charge in [-0.25, -0.2) is 16.8 Å². The van der Waals surface area contributed by atoms with Crippen molar-refractivity contribution in [1.82, 2.24) is 4.31 Å². The highest BCUT2D eigenvalue weighted by Crippen LogP contribution is 2.31. The first-order valence-corrected chi connectivity index (χ1v) is 14.4. The molecule has 192 valence electrons. The van der Waals surface area contributed by atoms with Gasteiger partial charge in [-0.05, 0) is 62.2 Å². The highest BCUT2D eigenvalue weighted by Gasteiger charge is 2.29. The minimum Gasteiger partial charge on any atom is -0.495 e. The summed E-state index contributed by atoms with van der Waals surface area (Å²) in [5.74, 6) is 0.104. The Bertz CT molecular complexity index is 1260. The second-order valence-corrected chi connectivity index (χ2v) is 12.2. The van der Waals surface area contributed by atoms with Crippen molar-refractivity contribution in [3.8, 4) is 11.5 Å². The van der Waals surface area contributed by atoms with Crippen LogP contribution in [0.1, 0.15) is 26.2 Å². The molecule has 0 aromatic heterocycles. The van der Waals surface area contributed by atoms with Gasteiger partial charge in [-0.15, -0.1) is 0 Å². The number of anilines is 2. The first-order chi connectivity index (χ1) is 16.4. The summed E-state index contributed by atoms with van der Waals surface area (Å²) in [6.07, 6.45) is 2.80. The van der Waals surface area contributed by atoms with Crippen molar-refractivity contribution in [1.29, 1.82) is 0 Å². The summed E-state index contributed by atoms with van der Waals surface area (Å²) in [6, 6.07) is 10.7. The van der Waals surface area contributed by atoms with Gasteiger partial charge in [0.05, 0.1) is 19.1 Å². The van der Waals surface area contributed by atoms with E-state index in [-0.39, 0.29) is 10.6 Å². The molecular weight excluding hydrogens is 494 g/mol. The molecule has 0 saturated carbocycles. The fourth-order valence-corrected chi connectivity index (χ4v) is 5.83. The highest BCUT2D eigenvalue weighted by molar-refractivity contribution is 7.92. The Labute approximate surface area is 206 Å². The van der Waals surface area contributed by atoms with Crippen LogP contribution in [0.3, 0.4) is 0 Å². The fourth-order valence-electron chi connectivity index (χ4n) is 3.63. The van der Waals surface area contributed by atoms with Gasteiger partial charge < -0.3 is 14.8 Å². The molecule has 1 aliphatic heterocycles. The SMILES string of the molecule is COc1ccc(NC(=O)[C@H](C)Oc2ccc(N(C)S(C)(=O)=O)cc2)cc1S(=O)(=O)N1CCCCC1. The molecule has 1 saturated heterocycles. The first kappa shape index (κ1) is 26.8. The Hall–Kier alpha value is -2.83. The van der Waals surface area contributed by atoms with E-state index < -0.39 is 32.1 Å². The number of piperidine rings is 1. The van der Waals surface area contributed by atoms with Crippen molar-refractivity contribution < 1.29 is 31.1 Å². The van der Waals surface area contributed by atoms with Crippen LogP contribution in [0, 0.1) is 0 Å². The average molecular weight is 526 g/mol. The number of nitrogens with one attached hydrogen (secondary N) is 1. The molecule has 35 heavy (non-hydrogen) atoms. The zero-order valence-corrected chi connectivity index (χ0v) is 21.9. The van der Waals surface area contributed by atoms with Crippen LogP contribution in [0.2, 0.25) is 0 Å². The van der Waals surface area contributed by atoms with Crippen molar-refractivity contribution in [2.75, 3.05) is 43.1 Å². The Morgan fingerprint density at radius 2 is 1.66 bits per heavy atom. The van der Waals surface area contributed by atoms with E-state index in [0.29, 0.717) is 30.2 Å². The summed E-state index contributed by atoms with van der Waals surface area (Å²) in [4.78, 5) is 12.7. The zero-order chi connectivity index (χ0) is 25.8. The van der Waals surface area contributed by atoms with Crippen molar-refractivity contribution in [2.45, 2.75) is 37.2 Å². The molecule has 1 amide bonds. The summed E-state index contributed by atoms with van der Waals surface area (Å²) in [5, 5.41) is 2.69. The summed E-state index contributed by atoms with van der Waals surface area (Å²) in [5.41, 5.74) is 0.754. The second-order valence-electron chi connectivity index (χ2n) is 8.30. The number of ether oxygens (including phenoxy) is 2. The molecule has 1 atom stereocenters. The van der Waals surface area contributed by atoms with Gasteiger partial charge in [0.15, 0.2) is 6.10 Å². The molecule has 2 aromatic rings. The molecule has 0 bridgehead atoms. The quantitative estimate of drug-likeness (QED) is 0.534. The van der Waals surface area contributed by atoms with E-state index in [1.807, 2.05) is 0 Å². The van der Waals surface area contributed by atoms with Gasteiger partial charge in [0.25, 0.3) is 5.91 Å². The Kier molecular flexibility index (Phi) is 8.29. The Balaban J connectivity index is 1.72. The van der Waals surface area contributed by atoms with Gasteiger partial charge in [0.2, 0.25) is 20.0 Å². The Morgan fingerprint density at radius 1 is 1.03 bits per heavy atom. The number of sulfonamides is 2. The smallest absolute Gasteiger partial charge is 0.265 e. The largest absolute Gasteiger partial charge is 0.495 e. The topological polar surface area (TPSA) is 122 Å². The third-order valence-electron chi connectivity index (χ3n) is 5.74. The van der Waals surface area contributed by atoms with E-state index in [1.165, 1.54) is 30.6 Å². The van der Waals surface area contributed by atoms with Crippen molar-refractivity contribution in [3.05, 3.63) is 42.5 Å². The molecule has 10 nitrogen and oxygen atoms in total. The summed E-state index contributed by atoms with van der Waals surface area (Å²) < 4.78 is 63.2. The lowest BCUT2D eigenvalue weighted by Gasteiger charge is -2.26. The zero-order valence-electron chi connectivity index (χ0n) is 20.2. The summed E-state index contributed by atoms with van der Waals surface area (Å²) in [7, 11) is -4.33. The van der Waals surface area contributed by atoms with Crippen LogP contribution < -0.4 is 19.1 Å². The molecule has 12 heteroatoms. The van der Waals surface area contributed by atoms with E-state index in [0.717, 1.165) is 29.8 Å². The molecule has 2 aromatic carbocycles. The van der Waals surface area contributed by atoms with Crippen LogP contribution in [-0.4, -0.2) is 66.7 Å². The molecule has 0 unspecified atom stereocenters. The van der Waals surface area contributed by atoms with Gasteiger partial charge in [0.1, 0.15) is 16.4 Å². The lowest BCUT2D eigenvalue weighted by Crippen LogP contribution is -2.36. The number of methoxy groups -OCH3 is 1. The third kappa shape index (κ3) is 6.44. The Morgan fingerprint density at radius 3 is 2.23 bits per heavy atom. The number of carbonyl (C=O) groups is 1. The lowest BCUT2D eigenvalue weighted by molar-refractivity contribution is -0.122. The van der Waals surface area contributed by atoms with Crippen LogP contribution in [-0.2, 0) is 24.8 Å². The maximum atomic E-state index is 13.2. The van der Waals surface area contributed by atoms with Crippen molar-refractivity contribution >= 4 is 37.3 Å². The van der Waals surface area contributed by atoms with Gasteiger partial charge >= 0.3 is 0 Å². The van der Waals surface area contributed by atoms with E-state index in [4.69, 9.17) is 9.47 Å². The molecule has 1 aliphatic rings. The number of hydrogen-bond acceptors (Lipinski definition) is 7. The monoisotopic (exact) mass is 525 g/mol. The van der Waals surface area contributed by atoms with Crippen molar-refractivity contribution in [2.24, 2.45) is 0 Å². The standard InChI is InChI=1S/C23H31N3O7S2/c1-17(33-20-11-9-19(10-12-20)25(2)34(4,28)29)23(27)24-18-8-13-21(32-3)22(16-18)35(30,31)26-14-6-5-7-15-26/h8-13,16-17H,5-7,14-15H2,1-4H3,(H,24,27)/t17-/m0/s1. The normalized spacial score (nSPS) is 15.8. The average Bonchev–Trinajstić information content (AvgIpc) is 2.84.